The molecule has 6 heteroatoms. The maximum atomic E-state index is 12.0. The van der Waals surface area contributed by atoms with Gasteiger partial charge in [-0.05, 0) is 30.7 Å². The fourth-order valence-corrected chi connectivity index (χ4v) is 1.72. The van der Waals surface area contributed by atoms with E-state index in [-0.39, 0.29) is 5.91 Å². The van der Waals surface area contributed by atoms with Gasteiger partial charge in [0.25, 0.3) is 5.91 Å². The zero-order valence-electron chi connectivity index (χ0n) is 10.6. The van der Waals surface area contributed by atoms with Gasteiger partial charge < -0.3 is 21.7 Å². The Kier molecular flexibility index (Phi) is 3.82. The third-order valence-electron chi connectivity index (χ3n) is 2.94. The highest BCUT2D eigenvalue weighted by Gasteiger charge is 2.16. The highest BCUT2D eigenvalue weighted by atomic mass is 16.2. The Morgan fingerprint density at radius 3 is 2.37 bits per heavy atom. The molecule has 1 fully saturated rings. The molecule has 1 saturated heterocycles. The first-order chi connectivity index (χ1) is 9.06. The zero-order chi connectivity index (χ0) is 13.8. The lowest BCUT2D eigenvalue weighted by Gasteiger charge is -2.21. The Balaban J connectivity index is 2.06. The minimum absolute atomic E-state index is 0.132. The highest BCUT2D eigenvalue weighted by molar-refractivity contribution is 6.04. The van der Waals surface area contributed by atoms with Gasteiger partial charge >= 0.3 is 6.03 Å². The summed E-state index contributed by atoms with van der Waals surface area (Å²) in [6.07, 6.45) is 0. The number of benzene rings is 1. The van der Waals surface area contributed by atoms with Crippen molar-refractivity contribution in [2.24, 2.45) is 5.73 Å². The number of nitrogens with one attached hydrogen (secondary N) is 3. The van der Waals surface area contributed by atoms with Crippen LogP contribution in [-0.2, 0) is 4.79 Å². The predicted molar refractivity (Wildman–Crippen MR) is 73.8 cm³/mol. The molecule has 1 heterocycles. The number of hydrogen-bond donors (Lipinski definition) is 4. The molecule has 0 atom stereocenters. The van der Waals surface area contributed by atoms with Gasteiger partial charge in [0.15, 0.2) is 0 Å². The van der Waals surface area contributed by atoms with Crippen LogP contribution in [0.4, 0.5) is 16.2 Å². The van der Waals surface area contributed by atoms with Crippen LogP contribution in [0.3, 0.4) is 0 Å². The van der Waals surface area contributed by atoms with Gasteiger partial charge in [0.2, 0.25) is 0 Å². The summed E-state index contributed by atoms with van der Waals surface area (Å²) in [6.45, 7) is 3.34. The summed E-state index contributed by atoms with van der Waals surface area (Å²) in [4.78, 5) is 22.7. The summed E-state index contributed by atoms with van der Waals surface area (Å²) >= 11 is 0. The fourth-order valence-electron chi connectivity index (χ4n) is 1.72. The van der Waals surface area contributed by atoms with Crippen LogP contribution in [0.25, 0.3) is 0 Å². The van der Waals surface area contributed by atoms with E-state index in [1.54, 1.807) is 31.2 Å². The molecule has 6 nitrogen and oxygen atoms in total. The SMILES string of the molecule is CC(C(=O)Nc1cccc(NC(N)=O)c1)=C1CNC1. The number of hydrogen-bond acceptors (Lipinski definition) is 3. The average Bonchev–Trinajstić information content (AvgIpc) is 2.26. The van der Waals surface area contributed by atoms with Gasteiger partial charge in [-0.15, -0.1) is 0 Å². The average molecular weight is 260 g/mol. The molecule has 1 aliphatic rings. The maximum Gasteiger partial charge on any atom is 0.316 e. The number of nitrogens with two attached hydrogens (primary N) is 1. The minimum Gasteiger partial charge on any atom is -0.351 e. The Labute approximate surface area is 111 Å². The van der Waals surface area contributed by atoms with Crippen LogP contribution in [0.1, 0.15) is 6.92 Å². The van der Waals surface area contributed by atoms with Crippen molar-refractivity contribution in [3.8, 4) is 0 Å². The van der Waals surface area contributed by atoms with Crippen LogP contribution < -0.4 is 21.7 Å². The number of amides is 3. The van der Waals surface area contributed by atoms with E-state index in [1.807, 2.05) is 0 Å². The van der Waals surface area contributed by atoms with Gasteiger partial charge in [0.1, 0.15) is 0 Å². The van der Waals surface area contributed by atoms with Crippen LogP contribution in [0.2, 0.25) is 0 Å². The molecule has 5 N–H and O–H groups in total. The van der Waals surface area contributed by atoms with Gasteiger partial charge in [-0.2, -0.15) is 0 Å². The first-order valence-electron chi connectivity index (χ1n) is 5.93. The normalized spacial score (nSPS) is 13.4. The topological polar surface area (TPSA) is 96.2 Å². The number of primary amides is 1. The van der Waals surface area contributed by atoms with E-state index >= 15 is 0 Å². The van der Waals surface area contributed by atoms with Crippen molar-refractivity contribution in [2.45, 2.75) is 6.92 Å². The molecule has 2 rings (SSSR count). The monoisotopic (exact) mass is 260 g/mol. The standard InChI is InChI=1S/C13H16N4O2/c1-8(9-6-15-7-9)12(18)16-10-3-2-4-11(5-10)17-13(14)19/h2-5,15H,6-7H2,1H3,(H,16,18)(H3,14,17,19). The zero-order valence-corrected chi connectivity index (χ0v) is 10.6. The van der Waals surface area contributed by atoms with E-state index in [2.05, 4.69) is 16.0 Å². The smallest absolute Gasteiger partial charge is 0.316 e. The summed E-state index contributed by atoms with van der Waals surface area (Å²) in [5, 5.41) is 8.34. The Morgan fingerprint density at radius 1 is 1.21 bits per heavy atom. The van der Waals surface area contributed by atoms with Crippen molar-refractivity contribution in [3.05, 3.63) is 35.4 Å². The number of carbonyl (C=O) groups is 2. The molecule has 100 valence electrons. The van der Waals surface area contributed by atoms with Crippen molar-refractivity contribution in [2.75, 3.05) is 23.7 Å². The van der Waals surface area contributed by atoms with Gasteiger partial charge in [-0.3, -0.25) is 4.79 Å². The molecule has 0 radical (unpaired) electrons. The van der Waals surface area contributed by atoms with E-state index in [0.29, 0.717) is 11.4 Å². The molecule has 0 unspecified atom stereocenters. The quantitative estimate of drug-likeness (QED) is 0.611. The van der Waals surface area contributed by atoms with Crippen LogP contribution in [0.5, 0.6) is 0 Å². The molecule has 0 bridgehead atoms. The van der Waals surface area contributed by atoms with Gasteiger partial charge in [-0.1, -0.05) is 6.07 Å². The van der Waals surface area contributed by atoms with Crippen LogP contribution >= 0.6 is 0 Å². The third kappa shape index (κ3) is 3.32. The lowest BCUT2D eigenvalue weighted by molar-refractivity contribution is -0.112. The molecule has 1 aliphatic heterocycles. The highest BCUT2D eigenvalue weighted by Crippen LogP contribution is 2.17. The summed E-state index contributed by atoms with van der Waals surface area (Å²) in [6, 6.07) is 6.19. The van der Waals surface area contributed by atoms with Crippen molar-refractivity contribution in [1.29, 1.82) is 0 Å². The molecule has 0 saturated carbocycles. The van der Waals surface area contributed by atoms with E-state index in [1.165, 1.54) is 0 Å². The summed E-state index contributed by atoms with van der Waals surface area (Å²) < 4.78 is 0. The van der Waals surface area contributed by atoms with E-state index < -0.39 is 6.03 Å². The minimum atomic E-state index is -0.637. The lowest BCUT2D eigenvalue weighted by Crippen LogP contribution is -2.36. The molecule has 0 aromatic heterocycles. The number of urea groups is 1. The van der Waals surface area contributed by atoms with Crippen molar-refractivity contribution in [1.82, 2.24) is 5.32 Å². The molecule has 1 aromatic rings. The van der Waals surface area contributed by atoms with Crippen molar-refractivity contribution in [3.63, 3.8) is 0 Å². The second-order valence-corrected chi connectivity index (χ2v) is 4.36. The number of carbonyl (C=O) groups excluding carboxylic acids is 2. The van der Waals surface area contributed by atoms with Crippen LogP contribution in [0.15, 0.2) is 35.4 Å². The van der Waals surface area contributed by atoms with Gasteiger partial charge in [0.05, 0.1) is 0 Å². The molecule has 1 aromatic carbocycles. The number of rotatable bonds is 3. The molecule has 3 amide bonds. The fraction of sp³-hybridized carbons (Fsp3) is 0.231. The Morgan fingerprint density at radius 2 is 1.84 bits per heavy atom. The molecule has 0 spiro atoms. The predicted octanol–water partition coefficient (Wildman–Crippen LogP) is 1.04. The summed E-state index contributed by atoms with van der Waals surface area (Å²) in [7, 11) is 0. The number of anilines is 2. The van der Waals surface area contributed by atoms with Crippen LogP contribution in [-0.4, -0.2) is 25.0 Å². The van der Waals surface area contributed by atoms with Gasteiger partial charge in [0, 0.05) is 30.0 Å². The van der Waals surface area contributed by atoms with Crippen LogP contribution in [0, 0.1) is 0 Å². The van der Waals surface area contributed by atoms with Crippen molar-refractivity contribution >= 4 is 23.3 Å². The Bertz CT molecular complexity index is 545. The molecular weight excluding hydrogens is 244 g/mol. The third-order valence-corrected chi connectivity index (χ3v) is 2.94. The largest absolute Gasteiger partial charge is 0.351 e. The molecule has 0 aliphatic carbocycles. The van der Waals surface area contributed by atoms with E-state index in [9.17, 15) is 9.59 Å². The molecule has 19 heavy (non-hydrogen) atoms. The summed E-state index contributed by atoms with van der Waals surface area (Å²) in [5.74, 6) is -0.132. The van der Waals surface area contributed by atoms with Crippen molar-refractivity contribution < 1.29 is 9.59 Å². The van der Waals surface area contributed by atoms with E-state index in [0.717, 1.165) is 24.2 Å². The summed E-state index contributed by atoms with van der Waals surface area (Å²) in [5.41, 5.74) is 8.04. The van der Waals surface area contributed by atoms with E-state index in [4.69, 9.17) is 5.73 Å². The first kappa shape index (κ1) is 13.1. The maximum absolute atomic E-state index is 12.0. The first-order valence-corrected chi connectivity index (χ1v) is 5.93. The second-order valence-electron chi connectivity index (χ2n) is 4.36. The lowest BCUT2D eigenvalue weighted by atomic mass is 10.0. The second kappa shape index (κ2) is 5.53. The molecular formula is C13H16N4O2. The Hall–Kier alpha value is -2.34. The van der Waals surface area contributed by atoms with Gasteiger partial charge in [-0.25, -0.2) is 4.79 Å².